The lowest BCUT2D eigenvalue weighted by atomic mass is 10.1. The maximum Gasteiger partial charge on any atom is 0.322 e. The molecule has 0 amide bonds. The molecule has 1 atom stereocenters. The molecule has 116 valence electrons. The summed E-state index contributed by atoms with van der Waals surface area (Å²) in [6, 6.07) is 3.06. The second-order valence-corrected chi connectivity index (χ2v) is 7.74. The lowest BCUT2D eigenvalue weighted by Gasteiger charge is -2.31. The van der Waals surface area contributed by atoms with E-state index in [4.69, 9.17) is 5.11 Å². The van der Waals surface area contributed by atoms with Crippen LogP contribution in [0.5, 0.6) is 0 Å². The topological polar surface area (TPSA) is 74.7 Å². The first-order valence-corrected chi connectivity index (χ1v) is 8.88. The standard InChI is InChI=1S/C13H15BrFNO4S/c14-10-5-4-9(7-11(10)15)8-21(19,20)16-6-2-1-3-12(16)13(17)18/h4-5,7,12H,1-3,6,8H2,(H,17,18). The van der Waals surface area contributed by atoms with E-state index < -0.39 is 33.6 Å². The monoisotopic (exact) mass is 379 g/mol. The van der Waals surface area contributed by atoms with Crippen molar-refractivity contribution < 1.29 is 22.7 Å². The number of benzene rings is 1. The Morgan fingerprint density at radius 1 is 1.43 bits per heavy atom. The Labute approximate surface area is 130 Å². The Hall–Kier alpha value is -0.990. The molecule has 1 heterocycles. The molecule has 1 aliphatic rings. The molecule has 1 fully saturated rings. The number of nitrogens with zero attached hydrogens (tertiary/aromatic N) is 1. The van der Waals surface area contributed by atoms with Crippen LogP contribution >= 0.6 is 15.9 Å². The van der Waals surface area contributed by atoms with Gasteiger partial charge in [-0.05, 0) is 52.9 Å². The Morgan fingerprint density at radius 3 is 2.76 bits per heavy atom. The summed E-state index contributed by atoms with van der Waals surface area (Å²) < 4.78 is 39.5. The molecule has 1 aliphatic heterocycles. The number of sulfonamides is 1. The third-order valence-electron chi connectivity index (χ3n) is 3.43. The van der Waals surface area contributed by atoms with Crippen LogP contribution in [0.25, 0.3) is 0 Å². The van der Waals surface area contributed by atoms with E-state index in [0.29, 0.717) is 24.8 Å². The number of halogens is 2. The second-order valence-electron chi connectivity index (χ2n) is 4.97. The molecule has 2 rings (SSSR count). The van der Waals surface area contributed by atoms with Crippen LogP contribution in [0.4, 0.5) is 4.39 Å². The zero-order chi connectivity index (χ0) is 15.6. The van der Waals surface area contributed by atoms with Gasteiger partial charge in [0.05, 0.1) is 10.2 Å². The van der Waals surface area contributed by atoms with Gasteiger partial charge in [0.1, 0.15) is 11.9 Å². The number of aliphatic carboxylic acids is 1. The van der Waals surface area contributed by atoms with Crippen LogP contribution in [0.2, 0.25) is 0 Å². The van der Waals surface area contributed by atoms with Crippen LogP contribution in [0.3, 0.4) is 0 Å². The van der Waals surface area contributed by atoms with Crippen LogP contribution in [0.15, 0.2) is 22.7 Å². The molecule has 0 spiro atoms. The Kier molecular flexibility index (Phi) is 5.00. The van der Waals surface area contributed by atoms with Crippen LogP contribution in [0, 0.1) is 5.82 Å². The maximum absolute atomic E-state index is 13.5. The van der Waals surface area contributed by atoms with Gasteiger partial charge in [-0.2, -0.15) is 4.31 Å². The van der Waals surface area contributed by atoms with Gasteiger partial charge in [0.15, 0.2) is 0 Å². The first-order valence-electron chi connectivity index (χ1n) is 6.47. The molecule has 1 aromatic rings. The molecule has 21 heavy (non-hydrogen) atoms. The predicted molar refractivity (Wildman–Crippen MR) is 78.7 cm³/mol. The SMILES string of the molecule is O=C(O)C1CCCCN1S(=O)(=O)Cc1ccc(Br)c(F)c1. The summed E-state index contributed by atoms with van der Waals surface area (Å²) in [6.07, 6.45) is 1.64. The lowest BCUT2D eigenvalue weighted by molar-refractivity contribution is -0.142. The molecular weight excluding hydrogens is 365 g/mol. The van der Waals surface area contributed by atoms with Crippen LogP contribution < -0.4 is 0 Å². The van der Waals surface area contributed by atoms with E-state index in [-0.39, 0.29) is 11.0 Å². The maximum atomic E-state index is 13.5. The van der Waals surface area contributed by atoms with E-state index in [1.807, 2.05) is 0 Å². The zero-order valence-electron chi connectivity index (χ0n) is 11.1. The number of hydrogen-bond donors (Lipinski definition) is 1. The van der Waals surface area contributed by atoms with E-state index >= 15 is 0 Å². The minimum atomic E-state index is -3.79. The van der Waals surface area contributed by atoms with Crippen molar-refractivity contribution in [3.8, 4) is 0 Å². The molecule has 1 unspecified atom stereocenters. The summed E-state index contributed by atoms with van der Waals surface area (Å²) >= 11 is 3.00. The summed E-state index contributed by atoms with van der Waals surface area (Å²) in [7, 11) is -3.79. The minimum absolute atomic E-state index is 0.193. The molecular formula is C13H15BrFNO4S. The largest absolute Gasteiger partial charge is 0.480 e. The molecule has 0 radical (unpaired) electrons. The number of rotatable bonds is 4. The molecule has 0 saturated carbocycles. The normalized spacial score (nSPS) is 20.4. The van der Waals surface area contributed by atoms with Crippen molar-refractivity contribution >= 4 is 31.9 Å². The van der Waals surface area contributed by atoms with Crippen molar-refractivity contribution in [1.82, 2.24) is 4.31 Å². The molecule has 1 N–H and O–H groups in total. The van der Waals surface area contributed by atoms with Crippen molar-refractivity contribution in [2.45, 2.75) is 31.1 Å². The highest BCUT2D eigenvalue weighted by Crippen LogP contribution is 2.24. The predicted octanol–water partition coefficient (Wildman–Crippen LogP) is 2.36. The van der Waals surface area contributed by atoms with E-state index in [1.165, 1.54) is 12.1 Å². The number of piperidine rings is 1. The lowest BCUT2D eigenvalue weighted by Crippen LogP contribution is -2.48. The molecule has 1 saturated heterocycles. The van der Waals surface area contributed by atoms with Gasteiger partial charge in [-0.25, -0.2) is 12.8 Å². The Morgan fingerprint density at radius 2 is 2.14 bits per heavy atom. The fourth-order valence-electron chi connectivity index (χ4n) is 2.41. The minimum Gasteiger partial charge on any atom is -0.480 e. The fourth-order valence-corrected chi connectivity index (χ4v) is 4.41. The van der Waals surface area contributed by atoms with E-state index in [1.54, 1.807) is 0 Å². The number of carboxylic acids is 1. The number of hydrogen-bond acceptors (Lipinski definition) is 3. The van der Waals surface area contributed by atoms with Gasteiger partial charge in [0.25, 0.3) is 0 Å². The van der Waals surface area contributed by atoms with Gasteiger partial charge in [-0.1, -0.05) is 6.07 Å². The van der Waals surface area contributed by atoms with Crippen molar-refractivity contribution in [2.24, 2.45) is 0 Å². The fraction of sp³-hybridized carbons (Fsp3) is 0.462. The van der Waals surface area contributed by atoms with Crippen molar-refractivity contribution in [3.05, 3.63) is 34.1 Å². The molecule has 0 bridgehead atoms. The van der Waals surface area contributed by atoms with Gasteiger partial charge in [0.2, 0.25) is 10.0 Å². The van der Waals surface area contributed by atoms with Gasteiger partial charge in [-0.3, -0.25) is 4.79 Å². The highest BCUT2D eigenvalue weighted by Gasteiger charge is 2.36. The first-order chi connectivity index (χ1) is 9.81. The average molecular weight is 380 g/mol. The Bertz CT molecular complexity index is 650. The Balaban J connectivity index is 2.23. The van der Waals surface area contributed by atoms with Crippen LogP contribution in [-0.4, -0.2) is 36.4 Å². The van der Waals surface area contributed by atoms with Gasteiger partial charge in [-0.15, -0.1) is 0 Å². The van der Waals surface area contributed by atoms with Gasteiger partial charge in [0, 0.05) is 6.54 Å². The average Bonchev–Trinajstić information content (AvgIpc) is 2.42. The third kappa shape index (κ3) is 3.81. The van der Waals surface area contributed by atoms with Crippen molar-refractivity contribution in [1.29, 1.82) is 0 Å². The van der Waals surface area contributed by atoms with Crippen LogP contribution in [0.1, 0.15) is 24.8 Å². The third-order valence-corrected chi connectivity index (χ3v) is 5.92. The second kappa shape index (κ2) is 6.41. The van der Waals surface area contributed by atoms with Gasteiger partial charge >= 0.3 is 5.97 Å². The molecule has 8 heteroatoms. The quantitative estimate of drug-likeness (QED) is 0.870. The molecule has 0 aromatic heterocycles. The number of carbonyl (C=O) groups is 1. The highest BCUT2D eigenvalue weighted by atomic mass is 79.9. The molecule has 5 nitrogen and oxygen atoms in total. The van der Waals surface area contributed by atoms with Crippen molar-refractivity contribution in [2.75, 3.05) is 6.54 Å². The molecule has 1 aromatic carbocycles. The number of carboxylic acid groups (broad SMARTS) is 1. The van der Waals surface area contributed by atoms with E-state index in [0.717, 1.165) is 10.4 Å². The van der Waals surface area contributed by atoms with E-state index in [9.17, 15) is 17.6 Å². The first kappa shape index (κ1) is 16.4. The van der Waals surface area contributed by atoms with Crippen LogP contribution in [-0.2, 0) is 20.6 Å². The summed E-state index contributed by atoms with van der Waals surface area (Å²) in [5, 5.41) is 9.15. The van der Waals surface area contributed by atoms with Crippen molar-refractivity contribution in [3.63, 3.8) is 0 Å². The summed E-state index contributed by atoms with van der Waals surface area (Å²) in [4.78, 5) is 11.2. The smallest absolute Gasteiger partial charge is 0.322 e. The summed E-state index contributed by atoms with van der Waals surface area (Å²) in [6.45, 7) is 0.193. The highest BCUT2D eigenvalue weighted by molar-refractivity contribution is 9.10. The zero-order valence-corrected chi connectivity index (χ0v) is 13.5. The van der Waals surface area contributed by atoms with Gasteiger partial charge < -0.3 is 5.11 Å². The van der Waals surface area contributed by atoms with E-state index in [2.05, 4.69) is 15.9 Å². The summed E-state index contributed by atoms with van der Waals surface area (Å²) in [5.41, 5.74) is 0.297. The summed E-state index contributed by atoms with van der Waals surface area (Å²) in [5.74, 6) is -2.09. The molecule has 0 aliphatic carbocycles.